The number of nitrogens with zero attached hydrogens (tertiary/aromatic N) is 1. The van der Waals surface area contributed by atoms with Gasteiger partial charge in [-0.25, -0.2) is 4.39 Å². The van der Waals surface area contributed by atoms with Crippen molar-refractivity contribution in [3.05, 3.63) is 94.1 Å². The highest BCUT2D eigenvalue weighted by Gasteiger charge is 2.32. The van der Waals surface area contributed by atoms with E-state index in [-0.39, 0.29) is 24.3 Å². The monoisotopic (exact) mass is 505 g/mol. The Morgan fingerprint density at radius 3 is 2.40 bits per heavy atom. The summed E-state index contributed by atoms with van der Waals surface area (Å²) in [4.78, 5) is 16.4. The molecule has 5 heteroatoms. The molecule has 0 unspecified atom stereocenters. The fraction of sp³-hybridized carbons (Fsp3) is 0.300. The molecule has 1 saturated carbocycles. The van der Waals surface area contributed by atoms with Crippen LogP contribution < -0.4 is 0 Å². The zero-order valence-corrected chi connectivity index (χ0v) is 21.4. The van der Waals surface area contributed by atoms with Gasteiger partial charge in [-0.3, -0.25) is 4.79 Å². The van der Waals surface area contributed by atoms with Crippen LogP contribution >= 0.6 is 22.9 Å². The summed E-state index contributed by atoms with van der Waals surface area (Å²) in [6.07, 6.45) is 5.23. The molecule has 1 aliphatic carbocycles. The van der Waals surface area contributed by atoms with Crippen LogP contribution in [0.25, 0.3) is 21.2 Å². The fourth-order valence-electron chi connectivity index (χ4n) is 5.20. The van der Waals surface area contributed by atoms with Gasteiger partial charge in [0.05, 0.1) is 5.02 Å². The second kappa shape index (κ2) is 10.5. The Balaban J connectivity index is 1.51. The standard InChI is InChI=1S/C30H29ClFNOS/c1-2-20-12-15-24(16-13-20)33(30(34)29-28(31)25-10-6-7-11-27(25)35-29)19-23-18-22(14-17-26(23)32)21-8-4-3-5-9-21/h3-11,14,17-18,20,24H,2,12-13,15-16,19H2,1H3/t20-,24-. The van der Waals surface area contributed by atoms with Gasteiger partial charge in [0.15, 0.2) is 0 Å². The molecule has 1 heterocycles. The number of rotatable bonds is 6. The van der Waals surface area contributed by atoms with Gasteiger partial charge in [0, 0.05) is 28.2 Å². The molecule has 1 amide bonds. The van der Waals surface area contributed by atoms with Crippen molar-refractivity contribution in [2.24, 2.45) is 5.92 Å². The van der Waals surface area contributed by atoms with Crippen LogP contribution in [0.4, 0.5) is 4.39 Å². The van der Waals surface area contributed by atoms with Crippen LogP contribution in [0.3, 0.4) is 0 Å². The minimum Gasteiger partial charge on any atom is -0.330 e. The first-order chi connectivity index (χ1) is 17.0. The Bertz CT molecular complexity index is 1330. The number of hydrogen-bond acceptors (Lipinski definition) is 2. The van der Waals surface area contributed by atoms with E-state index in [4.69, 9.17) is 11.6 Å². The molecule has 4 aromatic rings. The third kappa shape index (κ3) is 5.00. The molecule has 0 spiro atoms. The summed E-state index contributed by atoms with van der Waals surface area (Å²) in [5.74, 6) is 0.321. The van der Waals surface area contributed by atoms with E-state index in [1.165, 1.54) is 17.4 Å². The average molecular weight is 506 g/mol. The number of benzene rings is 3. The van der Waals surface area contributed by atoms with Gasteiger partial charge < -0.3 is 4.90 Å². The van der Waals surface area contributed by atoms with Crippen LogP contribution in [0.2, 0.25) is 5.02 Å². The van der Waals surface area contributed by atoms with E-state index in [0.717, 1.165) is 53.3 Å². The lowest BCUT2D eigenvalue weighted by Crippen LogP contribution is -2.42. The Hall–Kier alpha value is -2.69. The molecule has 35 heavy (non-hydrogen) atoms. The highest BCUT2D eigenvalue weighted by molar-refractivity contribution is 7.21. The first-order valence-electron chi connectivity index (χ1n) is 12.4. The highest BCUT2D eigenvalue weighted by Crippen LogP contribution is 2.38. The lowest BCUT2D eigenvalue weighted by Gasteiger charge is -2.37. The SMILES string of the molecule is CC[C@H]1CC[C@H](N(Cc2cc(-c3ccccc3)ccc2F)C(=O)c2sc3ccccc3c2Cl)CC1. The van der Waals surface area contributed by atoms with Crippen molar-refractivity contribution >= 4 is 38.9 Å². The maximum absolute atomic E-state index is 15.1. The maximum Gasteiger partial charge on any atom is 0.266 e. The quantitative estimate of drug-likeness (QED) is 0.256. The third-order valence-corrected chi connectivity index (χ3v) is 8.98. The summed E-state index contributed by atoms with van der Waals surface area (Å²) in [6, 6.07) is 23.1. The summed E-state index contributed by atoms with van der Waals surface area (Å²) in [5.41, 5.74) is 2.51. The number of halogens is 2. The van der Waals surface area contributed by atoms with E-state index in [1.807, 2.05) is 65.6 Å². The number of thiophene rings is 1. The lowest BCUT2D eigenvalue weighted by atomic mass is 9.83. The molecule has 1 fully saturated rings. The molecular weight excluding hydrogens is 477 g/mol. The molecule has 2 nitrogen and oxygen atoms in total. The van der Waals surface area contributed by atoms with E-state index >= 15 is 4.39 Å². The van der Waals surface area contributed by atoms with Gasteiger partial charge >= 0.3 is 0 Å². The number of hydrogen-bond donors (Lipinski definition) is 0. The normalized spacial score (nSPS) is 18.0. The second-order valence-electron chi connectivity index (χ2n) is 9.43. The number of fused-ring (bicyclic) bond motifs is 1. The number of amides is 1. The van der Waals surface area contributed by atoms with Crippen molar-refractivity contribution in [3.63, 3.8) is 0 Å². The van der Waals surface area contributed by atoms with Crippen LogP contribution in [0.5, 0.6) is 0 Å². The van der Waals surface area contributed by atoms with Gasteiger partial charge in [-0.2, -0.15) is 0 Å². The molecule has 0 N–H and O–H groups in total. The van der Waals surface area contributed by atoms with Crippen molar-refractivity contribution in [1.82, 2.24) is 4.90 Å². The molecule has 1 aromatic heterocycles. The van der Waals surface area contributed by atoms with E-state index in [2.05, 4.69) is 6.92 Å². The van der Waals surface area contributed by atoms with Crippen LogP contribution in [0.1, 0.15) is 54.3 Å². The molecule has 0 bridgehead atoms. The van der Waals surface area contributed by atoms with Gasteiger partial charge in [0.1, 0.15) is 10.7 Å². The van der Waals surface area contributed by atoms with Gasteiger partial charge in [-0.15, -0.1) is 11.3 Å². The highest BCUT2D eigenvalue weighted by atomic mass is 35.5. The van der Waals surface area contributed by atoms with E-state index in [0.29, 0.717) is 21.4 Å². The van der Waals surface area contributed by atoms with Crippen molar-refractivity contribution in [1.29, 1.82) is 0 Å². The second-order valence-corrected chi connectivity index (χ2v) is 10.9. The Morgan fingerprint density at radius 2 is 1.69 bits per heavy atom. The van der Waals surface area contributed by atoms with Crippen LogP contribution in [-0.4, -0.2) is 16.8 Å². The molecular formula is C30H29ClFNOS. The summed E-state index contributed by atoms with van der Waals surface area (Å²) < 4.78 is 16.1. The summed E-state index contributed by atoms with van der Waals surface area (Å²) in [5, 5.41) is 1.40. The molecule has 0 saturated heterocycles. The number of carbonyl (C=O) groups is 1. The summed E-state index contributed by atoms with van der Waals surface area (Å²) >= 11 is 8.14. The molecule has 0 radical (unpaired) electrons. The van der Waals surface area contributed by atoms with Crippen LogP contribution in [0.15, 0.2) is 72.8 Å². The zero-order valence-electron chi connectivity index (χ0n) is 19.8. The molecule has 0 atom stereocenters. The van der Waals surface area contributed by atoms with E-state index in [9.17, 15) is 4.79 Å². The van der Waals surface area contributed by atoms with Crippen LogP contribution in [-0.2, 0) is 6.54 Å². The van der Waals surface area contributed by atoms with Gasteiger partial charge in [0.2, 0.25) is 0 Å². The topological polar surface area (TPSA) is 20.3 Å². The average Bonchev–Trinajstić information content (AvgIpc) is 3.25. The largest absolute Gasteiger partial charge is 0.330 e. The summed E-state index contributed by atoms with van der Waals surface area (Å²) in [7, 11) is 0. The summed E-state index contributed by atoms with van der Waals surface area (Å²) in [6.45, 7) is 2.46. The van der Waals surface area contributed by atoms with Crippen molar-refractivity contribution < 1.29 is 9.18 Å². The molecule has 5 rings (SSSR count). The van der Waals surface area contributed by atoms with Crippen molar-refractivity contribution in [2.45, 2.75) is 51.6 Å². The minimum absolute atomic E-state index is 0.0753. The van der Waals surface area contributed by atoms with Crippen LogP contribution in [0, 0.1) is 11.7 Å². The first-order valence-corrected chi connectivity index (χ1v) is 13.6. The molecule has 1 aliphatic rings. The lowest BCUT2D eigenvalue weighted by molar-refractivity contribution is 0.0590. The first kappa shape index (κ1) is 24.0. The Labute approximate surface area is 215 Å². The molecule has 3 aromatic carbocycles. The maximum atomic E-state index is 15.1. The van der Waals surface area contributed by atoms with Gasteiger partial charge in [-0.05, 0) is 60.9 Å². The van der Waals surface area contributed by atoms with E-state index < -0.39 is 0 Å². The fourth-order valence-corrected chi connectivity index (χ4v) is 6.67. The molecule has 180 valence electrons. The van der Waals surface area contributed by atoms with Gasteiger partial charge in [-0.1, -0.05) is 79.5 Å². The third-order valence-electron chi connectivity index (χ3n) is 7.32. The Morgan fingerprint density at radius 1 is 0.971 bits per heavy atom. The van der Waals surface area contributed by atoms with Crippen molar-refractivity contribution in [2.75, 3.05) is 0 Å². The van der Waals surface area contributed by atoms with E-state index in [1.54, 1.807) is 6.07 Å². The predicted octanol–water partition coefficient (Wildman–Crippen LogP) is 8.97. The Kier molecular flexibility index (Phi) is 7.22. The smallest absolute Gasteiger partial charge is 0.266 e. The van der Waals surface area contributed by atoms with Crippen molar-refractivity contribution in [3.8, 4) is 11.1 Å². The number of carbonyl (C=O) groups excluding carboxylic acids is 1. The predicted molar refractivity (Wildman–Crippen MR) is 145 cm³/mol. The van der Waals surface area contributed by atoms with Gasteiger partial charge in [0.25, 0.3) is 5.91 Å². The minimum atomic E-state index is -0.285. The molecule has 0 aliphatic heterocycles. The zero-order chi connectivity index (χ0) is 24.4.